The highest BCUT2D eigenvalue weighted by molar-refractivity contribution is 6.30. The van der Waals surface area contributed by atoms with Crippen LogP contribution in [0.3, 0.4) is 0 Å². The molecule has 0 spiro atoms. The zero-order valence-corrected chi connectivity index (χ0v) is 24.7. The van der Waals surface area contributed by atoms with Crippen molar-refractivity contribution in [3.63, 3.8) is 0 Å². The summed E-state index contributed by atoms with van der Waals surface area (Å²) in [4.78, 5) is 27.1. The zero-order chi connectivity index (χ0) is 30.5. The van der Waals surface area contributed by atoms with Gasteiger partial charge in [0.2, 0.25) is 12.5 Å². The lowest BCUT2D eigenvalue weighted by Gasteiger charge is -2.39. The van der Waals surface area contributed by atoms with Gasteiger partial charge < -0.3 is 33.7 Å². The molecule has 1 saturated heterocycles. The molecule has 2 aliphatic heterocycles. The van der Waals surface area contributed by atoms with E-state index in [1.807, 2.05) is 24.3 Å². The second-order valence-electron chi connectivity index (χ2n) is 10.6. The summed E-state index contributed by atoms with van der Waals surface area (Å²) in [5.41, 5.74) is 3.10. The van der Waals surface area contributed by atoms with Gasteiger partial charge in [0, 0.05) is 16.9 Å². The molecular weight excluding hydrogens is 592 g/mol. The number of esters is 1. The number of carbonyl (C=O) groups excluding carboxylic acids is 2. The molecule has 7 rings (SSSR count). The average molecular weight is 619 g/mol. The number of nitrogens with zero attached hydrogens (tertiary/aromatic N) is 3. The first-order valence-corrected chi connectivity index (χ1v) is 14.2. The molecule has 44 heavy (non-hydrogen) atoms. The standard InChI is InChI=1S/C31H27ClN4O8/c1-39-24-8-15(9-25(40-2)29(24)41-3)26-18-10-22-23(44-14-43-22)11-19(18)28(20-13-42-31(38)27(20)26)33-30(37)21-12-36(35-34-21)17-6-4-16(32)5-7-17/h4-12,20,26-28H,13-14H2,1-3H3,(H,33,37)/t20-,26+,27-,28+/m0/s1. The first-order valence-electron chi connectivity index (χ1n) is 13.8. The summed E-state index contributed by atoms with van der Waals surface area (Å²) in [5.74, 6) is 0.0714. The molecule has 1 fully saturated rings. The molecule has 3 heterocycles. The van der Waals surface area contributed by atoms with Gasteiger partial charge in [-0.05, 0) is 65.2 Å². The van der Waals surface area contributed by atoms with Gasteiger partial charge in [0.25, 0.3) is 5.91 Å². The van der Waals surface area contributed by atoms with Crippen LogP contribution in [0.5, 0.6) is 28.7 Å². The number of benzene rings is 3. The predicted molar refractivity (Wildman–Crippen MR) is 155 cm³/mol. The minimum Gasteiger partial charge on any atom is -0.493 e. The Balaban J connectivity index is 1.31. The van der Waals surface area contributed by atoms with E-state index in [-0.39, 0.29) is 25.1 Å². The van der Waals surface area contributed by atoms with E-state index < -0.39 is 29.7 Å². The van der Waals surface area contributed by atoms with Crippen LogP contribution >= 0.6 is 11.6 Å². The van der Waals surface area contributed by atoms with Crippen molar-refractivity contribution in [3.05, 3.63) is 82.1 Å². The summed E-state index contributed by atoms with van der Waals surface area (Å²) in [7, 11) is 4.60. The fourth-order valence-corrected chi connectivity index (χ4v) is 6.46. The molecule has 12 nitrogen and oxygen atoms in total. The van der Waals surface area contributed by atoms with Gasteiger partial charge in [-0.15, -0.1) is 5.10 Å². The normalized spacial score (nSPS) is 21.2. The van der Waals surface area contributed by atoms with Crippen LogP contribution in [0.25, 0.3) is 5.69 Å². The van der Waals surface area contributed by atoms with Gasteiger partial charge in [0.1, 0.15) is 0 Å². The number of fused-ring (bicyclic) bond motifs is 3. The quantitative estimate of drug-likeness (QED) is 0.302. The van der Waals surface area contributed by atoms with Crippen molar-refractivity contribution in [3.8, 4) is 34.4 Å². The number of methoxy groups -OCH3 is 3. The Bertz CT molecular complexity index is 1750. The second kappa shape index (κ2) is 10.9. The van der Waals surface area contributed by atoms with Crippen LogP contribution in [0.15, 0.2) is 54.7 Å². The molecule has 226 valence electrons. The molecule has 0 saturated carbocycles. The smallest absolute Gasteiger partial charge is 0.310 e. The van der Waals surface area contributed by atoms with Gasteiger partial charge >= 0.3 is 5.97 Å². The van der Waals surface area contributed by atoms with Gasteiger partial charge in [-0.2, -0.15) is 0 Å². The Kier molecular flexibility index (Phi) is 6.92. The van der Waals surface area contributed by atoms with E-state index in [9.17, 15) is 9.59 Å². The highest BCUT2D eigenvalue weighted by atomic mass is 35.5. The maximum Gasteiger partial charge on any atom is 0.310 e. The summed E-state index contributed by atoms with van der Waals surface area (Å²) in [6.07, 6.45) is 1.54. The molecule has 3 aromatic carbocycles. The third-order valence-electron chi connectivity index (χ3n) is 8.34. The molecule has 1 aromatic heterocycles. The van der Waals surface area contributed by atoms with E-state index in [1.54, 1.807) is 24.3 Å². The number of hydrogen-bond acceptors (Lipinski definition) is 10. The molecular formula is C31H27ClN4O8. The molecule has 1 amide bonds. The lowest BCUT2D eigenvalue weighted by Crippen LogP contribution is -2.43. The van der Waals surface area contributed by atoms with Crippen molar-refractivity contribution in [2.75, 3.05) is 34.7 Å². The summed E-state index contributed by atoms with van der Waals surface area (Å²) in [6.45, 7) is 0.174. The Morgan fingerprint density at radius 3 is 2.30 bits per heavy atom. The van der Waals surface area contributed by atoms with E-state index in [2.05, 4.69) is 15.6 Å². The Morgan fingerprint density at radius 2 is 1.64 bits per heavy atom. The average Bonchev–Trinajstić information content (AvgIpc) is 3.80. The van der Waals surface area contributed by atoms with Crippen molar-refractivity contribution >= 4 is 23.5 Å². The van der Waals surface area contributed by atoms with Crippen molar-refractivity contribution in [1.82, 2.24) is 20.3 Å². The van der Waals surface area contributed by atoms with Gasteiger partial charge in [0.05, 0.1) is 51.8 Å². The van der Waals surface area contributed by atoms with Crippen molar-refractivity contribution < 1.29 is 38.0 Å². The number of nitrogens with one attached hydrogen (secondary N) is 1. The molecule has 0 bridgehead atoms. The lowest BCUT2D eigenvalue weighted by molar-refractivity contribution is -0.141. The highest BCUT2D eigenvalue weighted by Crippen LogP contribution is 2.55. The Morgan fingerprint density at radius 1 is 0.955 bits per heavy atom. The number of carbonyl (C=O) groups is 2. The number of amides is 1. The van der Waals surface area contributed by atoms with E-state index in [4.69, 9.17) is 40.0 Å². The lowest BCUT2D eigenvalue weighted by atomic mass is 9.65. The third-order valence-corrected chi connectivity index (χ3v) is 8.59. The third kappa shape index (κ3) is 4.53. The van der Waals surface area contributed by atoms with Crippen LogP contribution in [0.1, 0.15) is 39.1 Å². The number of rotatable bonds is 7. The number of ether oxygens (including phenoxy) is 6. The van der Waals surface area contributed by atoms with E-state index >= 15 is 0 Å². The van der Waals surface area contributed by atoms with E-state index in [0.29, 0.717) is 39.5 Å². The fraction of sp³-hybridized carbons (Fsp3) is 0.290. The SMILES string of the molecule is COc1cc([C@@H]2c3cc4c(cc3[C@@H](NC(=O)c3cn(-c5ccc(Cl)cc5)nn3)[C@H]3COC(=O)[C@H]23)OCO4)cc(OC)c1OC. The van der Waals surface area contributed by atoms with Crippen LogP contribution in [-0.2, 0) is 9.53 Å². The molecule has 1 aliphatic carbocycles. The molecule has 4 aromatic rings. The number of hydrogen-bond donors (Lipinski definition) is 1. The molecule has 4 atom stereocenters. The van der Waals surface area contributed by atoms with E-state index in [1.165, 1.54) is 32.2 Å². The maximum absolute atomic E-state index is 13.6. The van der Waals surface area contributed by atoms with Gasteiger partial charge in [0.15, 0.2) is 28.7 Å². The topological polar surface area (TPSA) is 132 Å². The van der Waals surface area contributed by atoms with Crippen LogP contribution in [0.2, 0.25) is 5.02 Å². The van der Waals surface area contributed by atoms with Crippen LogP contribution in [-0.4, -0.2) is 61.6 Å². The summed E-state index contributed by atoms with van der Waals surface area (Å²) in [5, 5.41) is 11.9. The number of halogens is 1. The highest BCUT2D eigenvalue weighted by Gasteiger charge is 2.53. The van der Waals surface area contributed by atoms with Crippen molar-refractivity contribution in [1.29, 1.82) is 0 Å². The molecule has 1 N–H and O–H groups in total. The number of aromatic nitrogens is 3. The fourth-order valence-electron chi connectivity index (χ4n) is 6.33. The molecule has 0 unspecified atom stereocenters. The van der Waals surface area contributed by atoms with Crippen LogP contribution in [0, 0.1) is 11.8 Å². The van der Waals surface area contributed by atoms with Gasteiger partial charge in [-0.3, -0.25) is 9.59 Å². The van der Waals surface area contributed by atoms with Crippen LogP contribution < -0.4 is 29.0 Å². The molecule has 3 aliphatic rings. The summed E-state index contributed by atoms with van der Waals surface area (Å²) < 4.78 is 35.4. The minimum absolute atomic E-state index is 0.0623. The van der Waals surface area contributed by atoms with E-state index in [0.717, 1.165) is 16.7 Å². The van der Waals surface area contributed by atoms with Crippen LogP contribution in [0.4, 0.5) is 0 Å². The first kappa shape index (κ1) is 27.8. The monoisotopic (exact) mass is 618 g/mol. The summed E-state index contributed by atoms with van der Waals surface area (Å²) in [6, 6.07) is 13.8. The van der Waals surface area contributed by atoms with Gasteiger partial charge in [-0.1, -0.05) is 16.8 Å². The summed E-state index contributed by atoms with van der Waals surface area (Å²) >= 11 is 6.01. The molecule has 0 radical (unpaired) electrons. The van der Waals surface area contributed by atoms with Crippen molar-refractivity contribution in [2.45, 2.75) is 12.0 Å². The van der Waals surface area contributed by atoms with Crippen molar-refractivity contribution in [2.24, 2.45) is 11.8 Å². The maximum atomic E-state index is 13.6. The first-order chi connectivity index (χ1) is 21.4. The Labute approximate surface area is 256 Å². The Hall–Kier alpha value is -4.97. The number of cyclic esters (lactones) is 1. The predicted octanol–water partition coefficient (Wildman–Crippen LogP) is 4.08. The second-order valence-corrected chi connectivity index (χ2v) is 11.0. The van der Waals surface area contributed by atoms with Gasteiger partial charge in [-0.25, -0.2) is 4.68 Å². The minimum atomic E-state index is -0.638. The largest absolute Gasteiger partial charge is 0.493 e. The molecule has 13 heteroatoms. The zero-order valence-electron chi connectivity index (χ0n) is 23.9.